The number of hydrogen-bond acceptors (Lipinski definition) is 4. The summed E-state index contributed by atoms with van der Waals surface area (Å²) in [5, 5.41) is 0.555. The molecule has 0 radical (unpaired) electrons. The van der Waals surface area contributed by atoms with E-state index in [0.717, 1.165) is 4.88 Å². The van der Waals surface area contributed by atoms with Gasteiger partial charge in [-0.1, -0.05) is 23.2 Å². The summed E-state index contributed by atoms with van der Waals surface area (Å²) in [6, 6.07) is 7.06. The van der Waals surface area contributed by atoms with E-state index in [0.29, 0.717) is 11.1 Å². The molecule has 2 nitrogen and oxygen atoms in total. The van der Waals surface area contributed by atoms with Gasteiger partial charge in [0.15, 0.2) is 11.6 Å². The molecule has 0 aliphatic heterocycles. The van der Waals surface area contributed by atoms with Gasteiger partial charge in [0.05, 0.1) is 15.6 Å². The molecule has 0 unspecified atom stereocenters. The Morgan fingerprint density at radius 2 is 1.43 bits per heavy atom. The van der Waals surface area contributed by atoms with E-state index in [9.17, 15) is 9.59 Å². The fourth-order valence-electron chi connectivity index (χ4n) is 2.64. The van der Waals surface area contributed by atoms with E-state index in [-0.39, 0.29) is 27.2 Å². The van der Waals surface area contributed by atoms with Crippen LogP contribution in [0.15, 0.2) is 29.8 Å². The summed E-state index contributed by atoms with van der Waals surface area (Å²) in [4.78, 5) is 27.1. The number of fused-ring (bicyclic) bond motifs is 2. The zero-order valence-electron chi connectivity index (χ0n) is 11.8. The van der Waals surface area contributed by atoms with Crippen LogP contribution in [-0.2, 0) is 0 Å². The van der Waals surface area contributed by atoms with Crippen LogP contribution in [-0.4, -0.2) is 11.6 Å². The van der Waals surface area contributed by atoms with Gasteiger partial charge in [-0.05, 0) is 37.3 Å². The van der Waals surface area contributed by atoms with Crippen molar-refractivity contribution in [3.63, 3.8) is 0 Å². The molecule has 0 amide bonds. The Morgan fingerprint density at radius 3 is 2.00 bits per heavy atom. The van der Waals surface area contributed by atoms with Gasteiger partial charge in [0.2, 0.25) is 0 Å². The number of halogens is 2. The second-order valence-corrected chi connectivity index (χ2v) is 8.48. The molecular weight excluding hydrogens is 371 g/mol. The molecule has 3 aromatic rings. The van der Waals surface area contributed by atoms with E-state index >= 15 is 0 Å². The number of carbonyl (C=O) groups is 2. The molecule has 23 heavy (non-hydrogen) atoms. The number of ketones is 2. The SMILES string of the molecule is Cc1cc2sc(C=C3C(=O)c4cc(Cl)c(Cl)cc4C3=O)cc2s1. The monoisotopic (exact) mass is 378 g/mol. The van der Waals surface area contributed by atoms with Crippen LogP contribution in [0.4, 0.5) is 0 Å². The average Bonchev–Trinajstić information content (AvgIpc) is 3.07. The molecule has 2 aromatic heterocycles. The van der Waals surface area contributed by atoms with Crippen LogP contribution < -0.4 is 0 Å². The van der Waals surface area contributed by atoms with E-state index in [2.05, 4.69) is 13.0 Å². The minimum Gasteiger partial charge on any atom is -0.288 e. The maximum atomic E-state index is 12.5. The topological polar surface area (TPSA) is 34.1 Å². The Bertz CT molecular complexity index is 966. The summed E-state index contributed by atoms with van der Waals surface area (Å²) in [7, 11) is 0. The predicted octanol–water partition coefficient (Wildman–Crippen LogP) is 6.04. The smallest absolute Gasteiger partial charge is 0.197 e. The minimum absolute atomic E-state index is 0.170. The van der Waals surface area contributed by atoms with Crippen molar-refractivity contribution in [1.29, 1.82) is 0 Å². The second-order valence-electron chi connectivity index (χ2n) is 5.26. The van der Waals surface area contributed by atoms with Crippen LogP contribution in [0, 0.1) is 6.92 Å². The number of benzene rings is 1. The third-order valence-corrected chi connectivity index (χ3v) is 6.55. The lowest BCUT2D eigenvalue weighted by atomic mass is 10.1. The van der Waals surface area contributed by atoms with Gasteiger partial charge in [-0.2, -0.15) is 0 Å². The van der Waals surface area contributed by atoms with Crippen LogP contribution in [0.3, 0.4) is 0 Å². The molecular formula is C17H8Cl2O2S2. The molecule has 2 heterocycles. The number of allylic oxidation sites excluding steroid dienone is 1. The Morgan fingerprint density at radius 1 is 0.870 bits per heavy atom. The summed E-state index contributed by atoms with van der Waals surface area (Å²) in [6.45, 7) is 2.06. The highest BCUT2D eigenvalue weighted by Gasteiger charge is 2.34. The fraction of sp³-hybridized carbons (Fsp3) is 0.0588. The standard InChI is InChI=1S/C17H8Cl2O2S2/c1-7-2-14-15(22-7)4-8(23-14)3-11-16(20)9-5-12(18)13(19)6-10(9)17(11)21/h2-6H,1H3. The van der Waals surface area contributed by atoms with Crippen molar-refractivity contribution in [2.45, 2.75) is 6.92 Å². The molecule has 0 spiro atoms. The summed E-state index contributed by atoms with van der Waals surface area (Å²) < 4.78 is 2.33. The quantitative estimate of drug-likeness (QED) is 0.382. The van der Waals surface area contributed by atoms with Crippen molar-refractivity contribution >= 4 is 72.9 Å². The van der Waals surface area contributed by atoms with Crippen LogP contribution in [0.5, 0.6) is 0 Å². The highest BCUT2D eigenvalue weighted by atomic mass is 35.5. The van der Waals surface area contributed by atoms with Crippen LogP contribution in [0.1, 0.15) is 30.5 Å². The number of hydrogen-bond donors (Lipinski definition) is 0. The first-order valence-electron chi connectivity index (χ1n) is 6.74. The van der Waals surface area contributed by atoms with Crippen LogP contribution >= 0.6 is 45.9 Å². The number of Topliss-reactive ketones (excluding diaryl/α,β-unsaturated/α-hetero) is 2. The van der Waals surface area contributed by atoms with Gasteiger partial charge in [-0.15, -0.1) is 22.7 Å². The molecule has 0 N–H and O–H groups in total. The molecule has 1 aliphatic rings. The van der Waals surface area contributed by atoms with E-state index in [1.54, 1.807) is 28.7 Å². The zero-order chi connectivity index (χ0) is 16.3. The highest BCUT2D eigenvalue weighted by molar-refractivity contribution is 7.28. The molecule has 0 atom stereocenters. The largest absolute Gasteiger partial charge is 0.288 e. The summed E-state index contributed by atoms with van der Waals surface area (Å²) in [6.07, 6.45) is 1.67. The Balaban J connectivity index is 1.81. The minimum atomic E-state index is -0.295. The molecule has 1 aliphatic carbocycles. The zero-order valence-corrected chi connectivity index (χ0v) is 14.9. The maximum absolute atomic E-state index is 12.5. The molecule has 0 saturated heterocycles. The number of thiophene rings is 2. The van der Waals surface area contributed by atoms with E-state index < -0.39 is 0 Å². The second kappa shape index (κ2) is 5.28. The summed E-state index contributed by atoms with van der Waals surface area (Å²) >= 11 is 15.2. The van der Waals surface area contributed by atoms with Gasteiger partial charge in [-0.25, -0.2) is 0 Å². The van der Waals surface area contributed by atoms with E-state index in [4.69, 9.17) is 23.2 Å². The molecule has 0 saturated carbocycles. The van der Waals surface area contributed by atoms with Crippen LogP contribution in [0.25, 0.3) is 15.5 Å². The van der Waals surface area contributed by atoms with E-state index in [1.807, 2.05) is 6.07 Å². The molecule has 1 aromatic carbocycles. The number of aryl methyl sites for hydroxylation is 1. The first kappa shape index (κ1) is 15.1. The van der Waals surface area contributed by atoms with Gasteiger partial charge in [0.25, 0.3) is 0 Å². The summed E-state index contributed by atoms with van der Waals surface area (Å²) in [5.74, 6) is -0.590. The molecule has 114 valence electrons. The molecule has 4 rings (SSSR count). The normalized spacial score (nSPS) is 14.0. The molecule has 0 bridgehead atoms. The first-order valence-corrected chi connectivity index (χ1v) is 9.13. The van der Waals surface area contributed by atoms with Crippen molar-refractivity contribution < 1.29 is 9.59 Å². The maximum Gasteiger partial charge on any atom is 0.197 e. The van der Waals surface area contributed by atoms with Crippen LogP contribution in [0.2, 0.25) is 10.0 Å². The average molecular weight is 379 g/mol. The Hall–Kier alpha value is -1.46. The van der Waals surface area contributed by atoms with Crippen molar-refractivity contribution in [2.75, 3.05) is 0 Å². The van der Waals surface area contributed by atoms with Gasteiger partial charge in [0.1, 0.15) is 0 Å². The van der Waals surface area contributed by atoms with Crippen molar-refractivity contribution in [1.82, 2.24) is 0 Å². The van der Waals surface area contributed by atoms with Crippen molar-refractivity contribution in [3.05, 3.63) is 60.8 Å². The molecule has 6 heteroatoms. The lowest BCUT2D eigenvalue weighted by Crippen LogP contribution is -1.99. The van der Waals surface area contributed by atoms with Crippen molar-refractivity contribution in [3.8, 4) is 0 Å². The lowest BCUT2D eigenvalue weighted by molar-refractivity contribution is 0.0990. The van der Waals surface area contributed by atoms with Gasteiger partial charge in [-0.3, -0.25) is 9.59 Å². The first-order chi connectivity index (χ1) is 10.9. The van der Waals surface area contributed by atoms with Gasteiger partial charge in [0, 0.05) is 30.3 Å². The number of carbonyl (C=O) groups excluding carboxylic acids is 2. The third-order valence-electron chi connectivity index (χ3n) is 3.67. The Labute approximate surface area is 150 Å². The third kappa shape index (κ3) is 2.37. The van der Waals surface area contributed by atoms with Crippen molar-refractivity contribution in [2.24, 2.45) is 0 Å². The lowest BCUT2D eigenvalue weighted by Gasteiger charge is -1.98. The van der Waals surface area contributed by atoms with Gasteiger partial charge < -0.3 is 0 Å². The van der Waals surface area contributed by atoms with Gasteiger partial charge >= 0.3 is 0 Å². The van der Waals surface area contributed by atoms with E-state index in [1.165, 1.54) is 26.4 Å². The predicted molar refractivity (Wildman–Crippen MR) is 97.5 cm³/mol. The summed E-state index contributed by atoms with van der Waals surface area (Å²) in [5.41, 5.74) is 0.818. The molecule has 0 fully saturated rings. The number of rotatable bonds is 1. The Kier molecular flexibility index (Phi) is 3.46. The fourth-order valence-corrected chi connectivity index (χ4v) is 5.23. The highest BCUT2D eigenvalue weighted by Crippen LogP contribution is 2.37.